The van der Waals surface area contributed by atoms with Crippen molar-refractivity contribution in [3.63, 3.8) is 0 Å². The van der Waals surface area contributed by atoms with Crippen LogP contribution in [0.25, 0.3) is 10.1 Å². The Morgan fingerprint density at radius 2 is 2.00 bits per heavy atom. The van der Waals surface area contributed by atoms with Crippen LogP contribution in [0.3, 0.4) is 0 Å². The number of benzene rings is 1. The van der Waals surface area contributed by atoms with E-state index in [2.05, 4.69) is 15.5 Å². The molecule has 0 radical (unpaired) electrons. The summed E-state index contributed by atoms with van der Waals surface area (Å²) in [4.78, 5) is 16.5. The summed E-state index contributed by atoms with van der Waals surface area (Å²) >= 11 is 7.82. The molecule has 0 aliphatic heterocycles. The van der Waals surface area contributed by atoms with Crippen molar-refractivity contribution < 1.29 is 4.79 Å². The lowest BCUT2D eigenvalue weighted by Gasteiger charge is -1.97. The molecule has 1 aromatic carbocycles. The summed E-state index contributed by atoms with van der Waals surface area (Å²) in [6, 6.07) is 11.1. The fourth-order valence-electron chi connectivity index (χ4n) is 1.83. The lowest BCUT2D eigenvalue weighted by Crippen LogP contribution is -2.17. The number of nitrogens with one attached hydrogen (secondary N) is 1. The summed E-state index contributed by atoms with van der Waals surface area (Å²) < 4.78 is 1.09. The van der Waals surface area contributed by atoms with Gasteiger partial charge in [-0.25, -0.2) is 5.43 Å². The Morgan fingerprint density at radius 3 is 2.76 bits per heavy atom. The number of hydrogen-bond donors (Lipinski definition) is 1. The molecule has 104 valence electrons. The molecule has 2 aromatic heterocycles. The molecule has 3 rings (SSSR count). The summed E-state index contributed by atoms with van der Waals surface area (Å²) in [5, 5.41) is 5.60. The lowest BCUT2D eigenvalue weighted by molar-refractivity contribution is 0.0955. The SMILES string of the molecule is O=C(NN=Cc1sc2ccccc2c1Cl)c1ccncc1. The fraction of sp³-hybridized carbons (Fsp3) is 0. The Bertz CT molecular complexity index is 814. The zero-order chi connectivity index (χ0) is 14.7. The van der Waals surface area contributed by atoms with E-state index in [0.717, 1.165) is 15.0 Å². The number of nitrogens with zero attached hydrogens (tertiary/aromatic N) is 2. The van der Waals surface area contributed by atoms with E-state index in [9.17, 15) is 4.79 Å². The van der Waals surface area contributed by atoms with Gasteiger partial charge in [0.15, 0.2) is 0 Å². The van der Waals surface area contributed by atoms with E-state index in [0.29, 0.717) is 10.6 Å². The topological polar surface area (TPSA) is 54.4 Å². The molecular weight excluding hydrogens is 306 g/mol. The zero-order valence-corrected chi connectivity index (χ0v) is 12.4. The van der Waals surface area contributed by atoms with Gasteiger partial charge in [0.05, 0.1) is 16.1 Å². The number of pyridine rings is 1. The molecule has 0 spiro atoms. The molecular formula is C15H10ClN3OS. The molecule has 2 heterocycles. The van der Waals surface area contributed by atoms with Crippen molar-refractivity contribution in [1.82, 2.24) is 10.4 Å². The van der Waals surface area contributed by atoms with Gasteiger partial charge < -0.3 is 0 Å². The minimum Gasteiger partial charge on any atom is -0.267 e. The highest BCUT2D eigenvalue weighted by atomic mass is 35.5. The van der Waals surface area contributed by atoms with Crippen molar-refractivity contribution in [3.05, 3.63) is 64.3 Å². The molecule has 0 atom stereocenters. The Morgan fingerprint density at radius 1 is 1.24 bits per heavy atom. The van der Waals surface area contributed by atoms with Gasteiger partial charge in [0.1, 0.15) is 0 Å². The largest absolute Gasteiger partial charge is 0.271 e. The quantitative estimate of drug-likeness (QED) is 0.591. The van der Waals surface area contributed by atoms with Gasteiger partial charge in [-0.05, 0) is 18.2 Å². The molecule has 0 fully saturated rings. The average molecular weight is 316 g/mol. The van der Waals surface area contributed by atoms with Gasteiger partial charge in [0.25, 0.3) is 5.91 Å². The molecule has 0 unspecified atom stereocenters. The number of aromatic nitrogens is 1. The lowest BCUT2D eigenvalue weighted by atomic mass is 10.2. The molecule has 21 heavy (non-hydrogen) atoms. The predicted octanol–water partition coefficient (Wildman–Crippen LogP) is 3.71. The number of carbonyl (C=O) groups is 1. The molecule has 6 heteroatoms. The fourth-order valence-corrected chi connectivity index (χ4v) is 3.19. The number of amides is 1. The van der Waals surface area contributed by atoms with Crippen molar-refractivity contribution in [2.45, 2.75) is 0 Å². The Kier molecular flexibility index (Phi) is 3.94. The maximum atomic E-state index is 11.8. The minimum absolute atomic E-state index is 0.286. The number of halogens is 1. The molecule has 1 N–H and O–H groups in total. The molecule has 0 bridgehead atoms. The van der Waals surface area contributed by atoms with Crippen LogP contribution in [0, 0.1) is 0 Å². The van der Waals surface area contributed by atoms with Gasteiger partial charge in [0.2, 0.25) is 0 Å². The second-order valence-corrected chi connectivity index (χ2v) is 5.67. The first-order valence-corrected chi connectivity index (χ1v) is 7.35. The van der Waals surface area contributed by atoms with E-state index in [1.807, 2.05) is 24.3 Å². The van der Waals surface area contributed by atoms with Crippen LogP contribution in [0.15, 0.2) is 53.9 Å². The van der Waals surface area contributed by atoms with E-state index in [-0.39, 0.29) is 5.91 Å². The molecule has 0 saturated heterocycles. The highest BCUT2D eigenvalue weighted by molar-refractivity contribution is 7.21. The van der Waals surface area contributed by atoms with E-state index < -0.39 is 0 Å². The number of carbonyl (C=O) groups excluding carboxylic acids is 1. The van der Waals surface area contributed by atoms with Gasteiger partial charge in [0, 0.05) is 28.0 Å². The Labute approximate surface area is 130 Å². The van der Waals surface area contributed by atoms with Crippen LogP contribution in [0.5, 0.6) is 0 Å². The van der Waals surface area contributed by atoms with Gasteiger partial charge in [-0.1, -0.05) is 29.8 Å². The smallest absolute Gasteiger partial charge is 0.267 e. The molecule has 4 nitrogen and oxygen atoms in total. The van der Waals surface area contributed by atoms with Crippen LogP contribution in [-0.4, -0.2) is 17.1 Å². The first kappa shape index (κ1) is 13.7. The first-order valence-electron chi connectivity index (χ1n) is 6.16. The van der Waals surface area contributed by atoms with Crippen LogP contribution in [0.1, 0.15) is 15.2 Å². The van der Waals surface area contributed by atoms with Gasteiger partial charge in [-0.3, -0.25) is 9.78 Å². The van der Waals surface area contributed by atoms with E-state index >= 15 is 0 Å². The third-order valence-corrected chi connectivity index (χ3v) is 4.47. The van der Waals surface area contributed by atoms with Gasteiger partial charge in [-0.15, -0.1) is 11.3 Å². The zero-order valence-electron chi connectivity index (χ0n) is 10.8. The molecule has 0 saturated carbocycles. The van der Waals surface area contributed by atoms with Crippen molar-refractivity contribution in [3.8, 4) is 0 Å². The summed E-state index contributed by atoms with van der Waals surface area (Å²) in [7, 11) is 0. The van der Waals surface area contributed by atoms with Crippen molar-refractivity contribution >= 4 is 45.1 Å². The van der Waals surface area contributed by atoms with Gasteiger partial charge in [-0.2, -0.15) is 5.10 Å². The predicted molar refractivity (Wildman–Crippen MR) is 86.1 cm³/mol. The van der Waals surface area contributed by atoms with Crippen LogP contribution in [0.2, 0.25) is 5.02 Å². The molecule has 0 aliphatic carbocycles. The monoisotopic (exact) mass is 315 g/mol. The van der Waals surface area contributed by atoms with Crippen molar-refractivity contribution in [2.24, 2.45) is 5.10 Å². The maximum absolute atomic E-state index is 11.8. The Hall–Kier alpha value is -2.24. The molecule has 0 aliphatic rings. The number of fused-ring (bicyclic) bond motifs is 1. The van der Waals surface area contributed by atoms with Crippen molar-refractivity contribution in [1.29, 1.82) is 0 Å². The number of rotatable bonds is 3. The summed E-state index contributed by atoms with van der Waals surface area (Å²) in [5.41, 5.74) is 2.97. The summed E-state index contributed by atoms with van der Waals surface area (Å²) in [6.45, 7) is 0. The number of thiophene rings is 1. The third-order valence-electron chi connectivity index (χ3n) is 2.85. The van der Waals surface area contributed by atoms with E-state index in [1.54, 1.807) is 30.7 Å². The van der Waals surface area contributed by atoms with Crippen LogP contribution >= 0.6 is 22.9 Å². The highest BCUT2D eigenvalue weighted by Crippen LogP contribution is 2.33. The standard InChI is InChI=1S/C15H10ClN3OS/c16-14-11-3-1-2-4-12(11)21-13(14)9-18-19-15(20)10-5-7-17-8-6-10/h1-9H,(H,19,20). The number of hydrogen-bond acceptors (Lipinski definition) is 4. The second kappa shape index (κ2) is 6.03. The second-order valence-electron chi connectivity index (χ2n) is 4.21. The van der Waals surface area contributed by atoms with E-state index in [1.165, 1.54) is 11.3 Å². The Balaban J connectivity index is 1.76. The highest BCUT2D eigenvalue weighted by Gasteiger charge is 2.08. The minimum atomic E-state index is -0.286. The molecule has 3 aromatic rings. The van der Waals surface area contributed by atoms with Crippen LogP contribution in [-0.2, 0) is 0 Å². The summed E-state index contributed by atoms with van der Waals surface area (Å²) in [6.07, 6.45) is 4.68. The van der Waals surface area contributed by atoms with Crippen molar-refractivity contribution in [2.75, 3.05) is 0 Å². The first-order chi connectivity index (χ1) is 10.3. The average Bonchev–Trinajstić information content (AvgIpc) is 2.85. The maximum Gasteiger partial charge on any atom is 0.271 e. The summed E-state index contributed by atoms with van der Waals surface area (Å²) in [5.74, 6) is -0.286. The van der Waals surface area contributed by atoms with Crippen LogP contribution < -0.4 is 5.43 Å². The normalized spacial score (nSPS) is 11.1. The third kappa shape index (κ3) is 2.94. The van der Waals surface area contributed by atoms with Crippen LogP contribution in [0.4, 0.5) is 0 Å². The number of hydrazone groups is 1. The van der Waals surface area contributed by atoms with E-state index in [4.69, 9.17) is 11.6 Å². The molecule has 1 amide bonds. The van der Waals surface area contributed by atoms with Gasteiger partial charge >= 0.3 is 0 Å².